The number of hydrogen-bond donors (Lipinski definition) is 2. The molecule has 1 aromatic carbocycles. The molecule has 0 saturated carbocycles. The van der Waals surface area contributed by atoms with Crippen LogP contribution in [-0.4, -0.2) is 47.8 Å². The van der Waals surface area contributed by atoms with Crippen LogP contribution in [0.1, 0.15) is 10.4 Å². The summed E-state index contributed by atoms with van der Waals surface area (Å²) in [5, 5.41) is 20.2. The first-order valence-corrected chi connectivity index (χ1v) is 6.00. The van der Waals surface area contributed by atoms with E-state index in [2.05, 4.69) is 5.32 Å². The Morgan fingerprint density at radius 1 is 1.40 bits per heavy atom. The Kier molecular flexibility index (Phi) is 4.17. The lowest BCUT2D eigenvalue weighted by atomic mass is 10.2. The average molecular weight is 275 g/mol. The van der Waals surface area contributed by atoms with Crippen molar-refractivity contribution >= 4 is 17.7 Å². The number of morpholine rings is 1. The number of urea groups is 1. The zero-order valence-electron chi connectivity index (χ0n) is 10.6. The zero-order chi connectivity index (χ0) is 14.5. The molecule has 0 aromatic heterocycles. The Morgan fingerprint density at radius 3 is 2.70 bits per heavy atom. The molecule has 1 aliphatic rings. The van der Waals surface area contributed by atoms with Crippen LogP contribution in [0.15, 0.2) is 24.3 Å². The van der Waals surface area contributed by atoms with Gasteiger partial charge in [-0.05, 0) is 24.3 Å². The van der Waals surface area contributed by atoms with Crippen LogP contribution in [0.5, 0.6) is 0 Å². The standard InChI is InChI=1S/C13H13N3O4/c14-7-11-8-16(5-6-20-11)13(19)15-10-3-1-9(2-4-10)12(17)18/h1-4,11H,5-6,8H2,(H,15,19)(H,17,18). The van der Waals surface area contributed by atoms with E-state index in [1.165, 1.54) is 29.2 Å². The van der Waals surface area contributed by atoms with Gasteiger partial charge in [-0.15, -0.1) is 0 Å². The first kappa shape index (κ1) is 13.8. The number of aromatic carboxylic acids is 1. The van der Waals surface area contributed by atoms with Crippen molar-refractivity contribution in [3.63, 3.8) is 0 Å². The van der Waals surface area contributed by atoms with Gasteiger partial charge in [0.25, 0.3) is 0 Å². The Bertz CT molecular complexity index is 550. The summed E-state index contributed by atoms with van der Waals surface area (Å²) in [6.45, 7) is 0.955. The summed E-state index contributed by atoms with van der Waals surface area (Å²) in [5.41, 5.74) is 0.652. The number of carboxylic acids is 1. The number of carbonyl (C=O) groups is 2. The highest BCUT2D eigenvalue weighted by Crippen LogP contribution is 2.12. The smallest absolute Gasteiger partial charge is 0.335 e. The van der Waals surface area contributed by atoms with E-state index in [9.17, 15) is 9.59 Å². The number of benzene rings is 1. The summed E-state index contributed by atoms with van der Waals surface area (Å²) in [6.07, 6.45) is -0.608. The van der Waals surface area contributed by atoms with Crippen LogP contribution in [0, 0.1) is 11.3 Å². The predicted molar refractivity (Wildman–Crippen MR) is 69.3 cm³/mol. The molecule has 7 heteroatoms. The van der Waals surface area contributed by atoms with Gasteiger partial charge in [0, 0.05) is 12.2 Å². The lowest BCUT2D eigenvalue weighted by molar-refractivity contribution is 0.0181. The number of nitriles is 1. The lowest BCUT2D eigenvalue weighted by Gasteiger charge is -2.29. The van der Waals surface area contributed by atoms with E-state index < -0.39 is 12.1 Å². The summed E-state index contributed by atoms with van der Waals surface area (Å²) < 4.78 is 5.15. The van der Waals surface area contributed by atoms with Crippen LogP contribution in [0.3, 0.4) is 0 Å². The maximum absolute atomic E-state index is 12.0. The molecule has 1 aliphatic heterocycles. The SMILES string of the molecule is N#CC1CN(C(=O)Nc2ccc(C(=O)O)cc2)CCO1. The minimum atomic E-state index is -1.02. The van der Waals surface area contributed by atoms with E-state index in [1.54, 1.807) is 0 Å². The van der Waals surface area contributed by atoms with E-state index in [0.29, 0.717) is 18.8 Å². The number of carbonyl (C=O) groups excluding carboxylic acids is 1. The van der Waals surface area contributed by atoms with Crippen LogP contribution >= 0.6 is 0 Å². The highest BCUT2D eigenvalue weighted by molar-refractivity contribution is 5.91. The van der Waals surface area contributed by atoms with Crippen molar-refractivity contribution in [3.05, 3.63) is 29.8 Å². The van der Waals surface area contributed by atoms with Gasteiger partial charge in [0.2, 0.25) is 0 Å². The summed E-state index contributed by atoms with van der Waals surface area (Å²) in [4.78, 5) is 24.2. The maximum Gasteiger partial charge on any atom is 0.335 e. The summed E-state index contributed by atoms with van der Waals surface area (Å²) in [5.74, 6) is -1.02. The first-order chi connectivity index (χ1) is 9.60. The van der Waals surface area contributed by atoms with Gasteiger partial charge < -0.3 is 20.1 Å². The highest BCUT2D eigenvalue weighted by atomic mass is 16.5. The molecule has 1 fully saturated rings. The summed E-state index contributed by atoms with van der Waals surface area (Å²) in [6, 6.07) is 7.49. The quantitative estimate of drug-likeness (QED) is 0.842. The molecule has 1 atom stereocenters. The van der Waals surface area contributed by atoms with Crippen LogP contribution in [0.2, 0.25) is 0 Å². The minimum absolute atomic E-state index is 0.152. The van der Waals surface area contributed by atoms with Crippen molar-refractivity contribution in [2.24, 2.45) is 0 Å². The molecule has 0 spiro atoms. The number of ether oxygens (including phenoxy) is 1. The molecule has 2 N–H and O–H groups in total. The molecule has 104 valence electrons. The average Bonchev–Trinajstić information content (AvgIpc) is 2.47. The number of amides is 2. The van der Waals surface area contributed by atoms with E-state index in [0.717, 1.165) is 0 Å². The van der Waals surface area contributed by atoms with Gasteiger partial charge in [0.15, 0.2) is 6.10 Å². The van der Waals surface area contributed by atoms with Crippen molar-refractivity contribution < 1.29 is 19.4 Å². The monoisotopic (exact) mass is 275 g/mol. The van der Waals surface area contributed by atoms with Crippen molar-refractivity contribution in [1.29, 1.82) is 5.26 Å². The van der Waals surface area contributed by atoms with E-state index >= 15 is 0 Å². The number of rotatable bonds is 2. The molecule has 1 saturated heterocycles. The number of nitrogens with zero attached hydrogens (tertiary/aromatic N) is 2. The van der Waals surface area contributed by atoms with Crippen molar-refractivity contribution in [2.45, 2.75) is 6.10 Å². The van der Waals surface area contributed by atoms with E-state index in [-0.39, 0.29) is 18.1 Å². The van der Waals surface area contributed by atoms with E-state index in [4.69, 9.17) is 15.1 Å². The molecule has 1 heterocycles. The Balaban J connectivity index is 1.97. The molecule has 1 unspecified atom stereocenters. The van der Waals surface area contributed by atoms with Gasteiger partial charge in [-0.3, -0.25) is 0 Å². The van der Waals surface area contributed by atoms with Gasteiger partial charge >= 0.3 is 12.0 Å². The first-order valence-electron chi connectivity index (χ1n) is 6.00. The molecule has 20 heavy (non-hydrogen) atoms. The Hall–Kier alpha value is -2.59. The molecular formula is C13H13N3O4. The zero-order valence-corrected chi connectivity index (χ0v) is 10.6. The largest absolute Gasteiger partial charge is 0.478 e. The predicted octanol–water partition coefficient (Wildman–Crippen LogP) is 1.14. The molecular weight excluding hydrogens is 262 g/mol. The number of hydrogen-bond acceptors (Lipinski definition) is 4. The van der Waals surface area contributed by atoms with Gasteiger partial charge in [0.05, 0.1) is 24.8 Å². The van der Waals surface area contributed by atoms with Gasteiger partial charge in [-0.2, -0.15) is 5.26 Å². The maximum atomic E-state index is 12.0. The van der Waals surface area contributed by atoms with Crippen molar-refractivity contribution in [1.82, 2.24) is 4.90 Å². The molecule has 2 amide bonds. The van der Waals surface area contributed by atoms with Crippen LogP contribution in [0.4, 0.5) is 10.5 Å². The highest BCUT2D eigenvalue weighted by Gasteiger charge is 2.23. The number of nitrogens with one attached hydrogen (secondary N) is 1. The van der Waals surface area contributed by atoms with Gasteiger partial charge in [-0.25, -0.2) is 9.59 Å². The van der Waals surface area contributed by atoms with Gasteiger partial charge in [0.1, 0.15) is 0 Å². The molecule has 7 nitrogen and oxygen atoms in total. The minimum Gasteiger partial charge on any atom is -0.478 e. The van der Waals surface area contributed by atoms with Gasteiger partial charge in [-0.1, -0.05) is 0 Å². The molecule has 1 aromatic rings. The fourth-order valence-electron chi connectivity index (χ4n) is 1.81. The number of anilines is 1. The van der Waals surface area contributed by atoms with E-state index in [1.807, 2.05) is 6.07 Å². The Morgan fingerprint density at radius 2 is 2.10 bits per heavy atom. The molecule has 0 aliphatic carbocycles. The lowest BCUT2D eigenvalue weighted by Crippen LogP contribution is -2.46. The Labute approximate surface area is 115 Å². The fourth-order valence-corrected chi connectivity index (χ4v) is 1.81. The third-order valence-corrected chi connectivity index (χ3v) is 2.88. The third kappa shape index (κ3) is 3.24. The fraction of sp³-hybridized carbons (Fsp3) is 0.308. The summed E-state index contributed by atoms with van der Waals surface area (Å²) >= 11 is 0. The van der Waals surface area contributed by atoms with Crippen LogP contribution in [0.25, 0.3) is 0 Å². The molecule has 2 rings (SSSR count). The number of carboxylic acid groups (broad SMARTS) is 1. The van der Waals surface area contributed by atoms with Crippen LogP contribution < -0.4 is 5.32 Å². The topological polar surface area (TPSA) is 103 Å². The van der Waals surface area contributed by atoms with Crippen LogP contribution in [-0.2, 0) is 4.74 Å². The second-order valence-corrected chi connectivity index (χ2v) is 4.25. The normalized spacial score (nSPS) is 18.1. The molecule has 0 bridgehead atoms. The van der Waals surface area contributed by atoms with Crippen molar-refractivity contribution in [3.8, 4) is 6.07 Å². The molecule has 0 radical (unpaired) electrons. The third-order valence-electron chi connectivity index (χ3n) is 2.88. The van der Waals surface area contributed by atoms with Crippen molar-refractivity contribution in [2.75, 3.05) is 25.0 Å². The second-order valence-electron chi connectivity index (χ2n) is 4.25. The second kappa shape index (κ2) is 6.04. The summed E-state index contributed by atoms with van der Waals surface area (Å²) in [7, 11) is 0.